The molecule has 0 saturated carbocycles. The van der Waals surface area contributed by atoms with Crippen molar-refractivity contribution in [1.29, 1.82) is 5.26 Å². The van der Waals surface area contributed by atoms with E-state index in [1.54, 1.807) is 17.5 Å². The van der Waals surface area contributed by atoms with Gasteiger partial charge in [0.1, 0.15) is 11.9 Å². The Labute approximate surface area is 104 Å². The normalized spacial score (nSPS) is 9.94. The highest BCUT2D eigenvalue weighted by atomic mass is 32.1. The standard InChI is InChI=1S/C12H12N4S/c1-8-3-4-14-12(10(8)5-13)15-6-11-9(2)16-7-17-11/h3-4,7H,6H2,1-2H3,(H,14,15). The lowest BCUT2D eigenvalue weighted by Gasteiger charge is -2.07. The molecule has 0 unspecified atom stereocenters. The number of nitrogens with zero attached hydrogens (tertiary/aromatic N) is 3. The van der Waals surface area contributed by atoms with Gasteiger partial charge in [-0.1, -0.05) is 0 Å². The fourth-order valence-electron chi connectivity index (χ4n) is 1.49. The van der Waals surface area contributed by atoms with Gasteiger partial charge in [0.2, 0.25) is 0 Å². The van der Waals surface area contributed by atoms with Crippen LogP contribution in [0.1, 0.15) is 21.7 Å². The topological polar surface area (TPSA) is 61.6 Å². The third-order valence-corrected chi connectivity index (χ3v) is 3.47. The lowest BCUT2D eigenvalue weighted by molar-refractivity contribution is 1.09. The van der Waals surface area contributed by atoms with Crippen LogP contribution in [0.3, 0.4) is 0 Å². The highest BCUT2D eigenvalue weighted by molar-refractivity contribution is 7.09. The Bertz CT molecular complexity index is 568. The summed E-state index contributed by atoms with van der Waals surface area (Å²) >= 11 is 1.60. The largest absolute Gasteiger partial charge is 0.364 e. The first-order chi connectivity index (χ1) is 8.22. The van der Waals surface area contributed by atoms with E-state index in [2.05, 4.69) is 21.4 Å². The van der Waals surface area contributed by atoms with Gasteiger partial charge in [-0.2, -0.15) is 5.26 Å². The van der Waals surface area contributed by atoms with E-state index < -0.39 is 0 Å². The molecule has 0 atom stereocenters. The monoisotopic (exact) mass is 244 g/mol. The molecule has 0 spiro atoms. The Morgan fingerprint density at radius 2 is 2.24 bits per heavy atom. The number of hydrogen-bond acceptors (Lipinski definition) is 5. The Hall–Kier alpha value is -1.93. The van der Waals surface area contributed by atoms with Crippen LogP contribution in [-0.4, -0.2) is 9.97 Å². The molecule has 17 heavy (non-hydrogen) atoms. The molecule has 2 aromatic heterocycles. The van der Waals surface area contributed by atoms with Crippen LogP contribution in [0.4, 0.5) is 5.82 Å². The molecule has 0 aromatic carbocycles. The van der Waals surface area contributed by atoms with Crippen molar-refractivity contribution in [2.45, 2.75) is 20.4 Å². The van der Waals surface area contributed by atoms with E-state index in [9.17, 15) is 0 Å². The molecule has 5 heteroatoms. The van der Waals surface area contributed by atoms with Crippen LogP contribution < -0.4 is 5.32 Å². The molecular formula is C12H12N4S. The summed E-state index contributed by atoms with van der Waals surface area (Å²) in [5.74, 6) is 0.639. The van der Waals surface area contributed by atoms with Crippen LogP contribution in [0.15, 0.2) is 17.8 Å². The van der Waals surface area contributed by atoms with Gasteiger partial charge in [-0.3, -0.25) is 0 Å². The molecule has 0 aliphatic rings. The molecule has 0 bridgehead atoms. The highest BCUT2D eigenvalue weighted by Crippen LogP contribution is 2.18. The molecule has 2 heterocycles. The van der Waals surface area contributed by atoms with Crippen molar-refractivity contribution >= 4 is 17.2 Å². The predicted octanol–water partition coefficient (Wildman–Crippen LogP) is 2.64. The number of anilines is 1. The molecule has 0 aliphatic heterocycles. The van der Waals surface area contributed by atoms with Crippen molar-refractivity contribution in [3.8, 4) is 6.07 Å². The highest BCUT2D eigenvalue weighted by Gasteiger charge is 2.07. The lowest BCUT2D eigenvalue weighted by atomic mass is 10.1. The summed E-state index contributed by atoms with van der Waals surface area (Å²) < 4.78 is 0. The zero-order valence-electron chi connectivity index (χ0n) is 9.69. The number of aromatic nitrogens is 2. The first-order valence-electron chi connectivity index (χ1n) is 5.21. The molecule has 0 fully saturated rings. The fourth-order valence-corrected chi connectivity index (χ4v) is 2.21. The minimum atomic E-state index is 0.606. The second kappa shape index (κ2) is 4.93. The third-order valence-electron chi connectivity index (χ3n) is 2.53. The lowest BCUT2D eigenvalue weighted by Crippen LogP contribution is -2.04. The SMILES string of the molecule is Cc1ccnc(NCc2scnc2C)c1C#N. The van der Waals surface area contributed by atoms with E-state index in [4.69, 9.17) is 5.26 Å². The molecule has 0 aliphatic carbocycles. The number of pyridine rings is 1. The van der Waals surface area contributed by atoms with Gasteiger partial charge >= 0.3 is 0 Å². The van der Waals surface area contributed by atoms with Crippen LogP contribution in [0.25, 0.3) is 0 Å². The Kier molecular flexibility index (Phi) is 3.35. The summed E-state index contributed by atoms with van der Waals surface area (Å²) in [7, 11) is 0. The Balaban J connectivity index is 2.18. The zero-order valence-corrected chi connectivity index (χ0v) is 10.5. The van der Waals surface area contributed by atoms with Gasteiger partial charge in [0.15, 0.2) is 0 Å². The van der Waals surface area contributed by atoms with Crippen LogP contribution >= 0.6 is 11.3 Å². The molecule has 86 valence electrons. The molecular weight excluding hydrogens is 232 g/mol. The third kappa shape index (κ3) is 2.43. The van der Waals surface area contributed by atoms with Crippen molar-refractivity contribution < 1.29 is 0 Å². The number of thiazole rings is 1. The van der Waals surface area contributed by atoms with Crippen LogP contribution in [0.2, 0.25) is 0 Å². The summed E-state index contributed by atoms with van der Waals surface area (Å²) in [5, 5.41) is 12.3. The van der Waals surface area contributed by atoms with Gasteiger partial charge in [-0.25, -0.2) is 9.97 Å². The maximum absolute atomic E-state index is 9.07. The molecule has 2 aromatic rings. The molecule has 4 nitrogen and oxygen atoms in total. The zero-order chi connectivity index (χ0) is 12.3. The van der Waals surface area contributed by atoms with E-state index >= 15 is 0 Å². The smallest absolute Gasteiger partial charge is 0.144 e. The van der Waals surface area contributed by atoms with E-state index in [1.165, 1.54) is 0 Å². The predicted molar refractivity (Wildman–Crippen MR) is 67.9 cm³/mol. The second-order valence-corrected chi connectivity index (χ2v) is 4.62. The number of hydrogen-bond donors (Lipinski definition) is 1. The Morgan fingerprint density at radius 3 is 2.88 bits per heavy atom. The van der Waals surface area contributed by atoms with Gasteiger partial charge < -0.3 is 5.32 Å². The molecule has 1 N–H and O–H groups in total. The molecule has 2 rings (SSSR count). The van der Waals surface area contributed by atoms with E-state index in [-0.39, 0.29) is 0 Å². The van der Waals surface area contributed by atoms with Crippen molar-refractivity contribution in [3.05, 3.63) is 39.5 Å². The Morgan fingerprint density at radius 1 is 1.41 bits per heavy atom. The summed E-state index contributed by atoms with van der Waals surface area (Å²) in [6.45, 7) is 4.54. The maximum Gasteiger partial charge on any atom is 0.144 e. The summed E-state index contributed by atoms with van der Waals surface area (Å²) in [5.41, 5.74) is 4.38. The van der Waals surface area contributed by atoms with Gasteiger partial charge in [0, 0.05) is 11.1 Å². The fraction of sp³-hybridized carbons (Fsp3) is 0.250. The summed E-state index contributed by atoms with van der Waals surface area (Å²) in [4.78, 5) is 9.54. The van der Waals surface area contributed by atoms with Crippen LogP contribution in [0, 0.1) is 25.2 Å². The number of aryl methyl sites for hydroxylation is 2. The van der Waals surface area contributed by atoms with Crippen molar-refractivity contribution in [3.63, 3.8) is 0 Å². The summed E-state index contributed by atoms with van der Waals surface area (Å²) in [6.07, 6.45) is 1.71. The first kappa shape index (κ1) is 11.6. The quantitative estimate of drug-likeness (QED) is 0.901. The number of rotatable bonds is 3. The molecule has 0 amide bonds. The van der Waals surface area contributed by atoms with E-state index in [0.29, 0.717) is 17.9 Å². The van der Waals surface area contributed by atoms with Crippen LogP contribution in [-0.2, 0) is 6.54 Å². The number of nitrogens with one attached hydrogen (secondary N) is 1. The average Bonchev–Trinajstić information content (AvgIpc) is 2.72. The minimum absolute atomic E-state index is 0.606. The van der Waals surface area contributed by atoms with E-state index in [0.717, 1.165) is 16.1 Å². The maximum atomic E-state index is 9.07. The van der Waals surface area contributed by atoms with Gasteiger partial charge in [-0.15, -0.1) is 11.3 Å². The van der Waals surface area contributed by atoms with Gasteiger partial charge in [0.25, 0.3) is 0 Å². The summed E-state index contributed by atoms with van der Waals surface area (Å²) in [6, 6.07) is 4.01. The average molecular weight is 244 g/mol. The minimum Gasteiger partial charge on any atom is -0.364 e. The second-order valence-electron chi connectivity index (χ2n) is 3.68. The van der Waals surface area contributed by atoms with Gasteiger partial charge in [0.05, 0.1) is 23.3 Å². The first-order valence-corrected chi connectivity index (χ1v) is 6.09. The van der Waals surface area contributed by atoms with Gasteiger partial charge in [-0.05, 0) is 25.5 Å². The van der Waals surface area contributed by atoms with Crippen molar-refractivity contribution in [2.75, 3.05) is 5.32 Å². The van der Waals surface area contributed by atoms with Crippen molar-refractivity contribution in [1.82, 2.24) is 9.97 Å². The number of nitriles is 1. The van der Waals surface area contributed by atoms with Crippen molar-refractivity contribution in [2.24, 2.45) is 0 Å². The molecule has 0 saturated heterocycles. The van der Waals surface area contributed by atoms with Crippen LogP contribution in [0.5, 0.6) is 0 Å². The van der Waals surface area contributed by atoms with E-state index in [1.807, 2.05) is 25.4 Å². The molecule has 0 radical (unpaired) electrons.